The van der Waals surface area contributed by atoms with E-state index in [1.165, 1.54) is 0 Å². The quantitative estimate of drug-likeness (QED) is 0.546. The van der Waals surface area contributed by atoms with Crippen molar-refractivity contribution in [3.63, 3.8) is 0 Å². The fourth-order valence-corrected chi connectivity index (χ4v) is 3.22. The Morgan fingerprint density at radius 1 is 1.16 bits per heavy atom. The molecule has 0 bridgehead atoms. The van der Waals surface area contributed by atoms with Crippen LogP contribution in [0.5, 0.6) is 0 Å². The van der Waals surface area contributed by atoms with Gasteiger partial charge in [-0.3, -0.25) is 4.79 Å². The van der Waals surface area contributed by atoms with Crippen LogP contribution >= 0.6 is 11.8 Å². The van der Waals surface area contributed by atoms with Gasteiger partial charge in [-0.1, -0.05) is 6.07 Å². The van der Waals surface area contributed by atoms with E-state index in [0.29, 0.717) is 12.1 Å². The summed E-state index contributed by atoms with van der Waals surface area (Å²) in [7, 11) is 0. The lowest BCUT2D eigenvalue weighted by Crippen LogP contribution is -2.25. The number of aryl methyl sites for hydroxylation is 2. The highest BCUT2D eigenvalue weighted by Gasteiger charge is 2.07. The molecule has 3 rings (SSSR count). The minimum Gasteiger partial charge on any atom is -0.351 e. The van der Waals surface area contributed by atoms with Gasteiger partial charge in [-0.05, 0) is 56.3 Å². The fraction of sp³-hybridized carbons (Fsp3) is 0.211. The van der Waals surface area contributed by atoms with Crippen molar-refractivity contribution in [1.82, 2.24) is 20.1 Å². The predicted molar refractivity (Wildman–Crippen MR) is 100 cm³/mol. The number of aromatic nitrogens is 3. The summed E-state index contributed by atoms with van der Waals surface area (Å²) in [6, 6.07) is 15.3. The number of thioether (sulfide) groups is 1. The van der Waals surface area contributed by atoms with Gasteiger partial charge in [-0.25, -0.2) is 9.67 Å². The molecule has 0 fully saturated rings. The Morgan fingerprint density at radius 3 is 2.60 bits per heavy atom. The predicted octanol–water partition coefficient (Wildman–Crippen LogP) is 3.41. The van der Waals surface area contributed by atoms with E-state index in [9.17, 15) is 4.79 Å². The van der Waals surface area contributed by atoms with Crippen molar-refractivity contribution < 1.29 is 4.79 Å². The number of nitrogens with one attached hydrogen (secondary N) is 1. The van der Waals surface area contributed by atoms with Gasteiger partial charge in [0.2, 0.25) is 0 Å². The van der Waals surface area contributed by atoms with Crippen molar-refractivity contribution in [2.75, 3.05) is 12.3 Å². The Balaban J connectivity index is 1.53. The van der Waals surface area contributed by atoms with Crippen LogP contribution in [0.25, 0.3) is 5.69 Å². The molecule has 3 aromatic rings. The molecule has 2 heterocycles. The first-order chi connectivity index (χ1) is 12.1. The standard InChI is InChI=1S/C19H20N4OS/c1-14-13-15(2)23(22-14)17-8-6-16(7-9-17)19(24)21-11-12-25-18-5-3-4-10-20-18/h3-10,13H,11-12H2,1-2H3,(H,21,24). The average Bonchev–Trinajstić information content (AvgIpc) is 2.98. The molecule has 1 aromatic carbocycles. The van der Waals surface area contributed by atoms with Gasteiger partial charge in [0.05, 0.1) is 16.4 Å². The first-order valence-corrected chi connectivity index (χ1v) is 9.08. The van der Waals surface area contributed by atoms with E-state index in [0.717, 1.165) is 27.9 Å². The van der Waals surface area contributed by atoms with E-state index >= 15 is 0 Å². The first-order valence-electron chi connectivity index (χ1n) is 8.09. The number of carbonyl (C=O) groups excluding carboxylic acids is 1. The lowest BCUT2D eigenvalue weighted by Gasteiger charge is -2.07. The maximum absolute atomic E-state index is 12.2. The number of rotatable bonds is 6. The first kappa shape index (κ1) is 17.2. The van der Waals surface area contributed by atoms with Crippen molar-refractivity contribution in [3.8, 4) is 5.69 Å². The van der Waals surface area contributed by atoms with E-state index < -0.39 is 0 Å². The molecule has 128 valence electrons. The molecule has 0 saturated carbocycles. The van der Waals surface area contributed by atoms with Crippen LogP contribution in [-0.2, 0) is 0 Å². The second-order valence-electron chi connectivity index (χ2n) is 5.66. The zero-order valence-corrected chi connectivity index (χ0v) is 15.1. The largest absolute Gasteiger partial charge is 0.351 e. The number of nitrogens with zero attached hydrogens (tertiary/aromatic N) is 3. The monoisotopic (exact) mass is 352 g/mol. The van der Waals surface area contributed by atoms with Crippen molar-refractivity contribution in [3.05, 3.63) is 71.7 Å². The summed E-state index contributed by atoms with van der Waals surface area (Å²) in [6.45, 7) is 4.58. The van der Waals surface area contributed by atoms with Crippen molar-refractivity contribution in [1.29, 1.82) is 0 Å². The minimum atomic E-state index is -0.0680. The van der Waals surface area contributed by atoms with Crippen LogP contribution in [0.1, 0.15) is 21.7 Å². The number of hydrogen-bond acceptors (Lipinski definition) is 4. The lowest BCUT2D eigenvalue weighted by molar-refractivity contribution is 0.0956. The summed E-state index contributed by atoms with van der Waals surface area (Å²) in [5, 5.41) is 8.35. The van der Waals surface area contributed by atoms with E-state index in [4.69, 9.17) is 0 Å². The Kier molecular flexibility index (Phi) is 5.50. The fourth-order valence-electron chi connectivity index (χ4n) is 2.50. The molecule has 0 aliphatic rings. The number of carbonyl (C=O) groups is 1. The molecule has 0 unspecified atom stereocenters. The van der Waals surface area contributed by atoms with E-state index in [2.05, 4.69) is 15.4 Å². The lowest BCUT2D eigenvalue weighted by atomic mass is 10.2. The Labute approximate surface area is 151 Å². The molecule has 0 aliphatic carbocycles. The van der Waals surface area contributed by atoms with E-state index in [1.807, 2.05) is 67.1 Å². The van der Waals surface area contributed by atoms with Gasteiger partial charge in [0, 0.05) is 29.8 Å². The zero-order chi connectivity index (χ0) is 17.6. The zero-order valence-electron chi connectivity index (χ0n) is 14.3. The molecule has 6 heteroatoms. The Morgan fingerprint density at radius 2 is 1.96 bits per heavy atom. The molecule has 5 nitrogen and oxygen atoms in total. The third-order valence-corrected chi connectivity index (χ3v) is 4.60. The van der Waals surface area contributed by atoms with Crippen molar-refractivity contribution in [2.24, 2.45) is 0 Å². The molecule has 2 aromatic heterocycles. The maximum Gasteiger partial charge on any atom is 0.251 e. The third-order valence-electron chi connectivity index (χ3n) is 3.66. The van der Waals surface area contributed by atoms with E-state index in [1.54, 1.807) is 18.0 Å². The molecule has 0 radical (unpaired) electrons. The maximum atomic E-state index is 12.2. The highest BCUT2D eigenvalue weighted by Crippen LogP contribution is 2.14. The number of pyridine rings is 1. The van der Waals surface area contributed by atoms with Gasteiger partial charge < -0.3 is 5.32 Å². The molecular formula is C19H20N4OS. The summed E-state index contributed by atoms with van der Waals surface area (Å²) < 4.78 is 1.88. The van der Waals surface area contributed by atoms with Gasteiger partial charge in [-0.15, -0.1) is 11.8 Å². The number of benzene rings is 1. The van der Waals surface area contributed by atoms with Crippen LogP contribution in [0.15, 0.2) is 59.8 Å². The minimum absolute atomic E-state index is 0.0680. The molecule has 0 aliphatic heterocycles. The molecule has 25 heavy (non-hydrogen) atoms. The number of hydrogen-bond donors (Lipinski definition) is 1. The molecule has 0 spiro atoms. The van der Waals surface area contributed by atoms with Crippen LogP contribution in [-0.4, -0.2) is 33.0 Å². The molecule has 1 N–H and O–H groups in total. The summed E-state index contributed by atoms with van der Waals surface area (Å²) >= 11 is 1.62. The highest BCUT2D eigenvalue weighted by atomic mass is 32.2. The van der Waals surface area contributed by atoms with Crippen LogP contribution in [0.4, 0.5) is 0 Å². The normalized spacial score (nSPS) is 10.6. The van der Waals surface area contributed by atoms with Gasteiger partial charge in [-0.2, -0.15) is 5.10 Å². The van der Waals surface area contributed by atoms with Crippen LogP contribution in [0.3, 0.4) is 0 Å². The van der Waals surface area contributed by atoms with Crippen LogP contribution < -0.4 is 5.32 Å². The highest BCUT2D eigenvalue weighted by molar-refractivity contribution is 7.99. The summed E-state index contributed by atoms with van der Waals surface area (Å²) in [4.78, 5) is 16.5. The average molecular weight is 352 g/mol. The van der Waals surface area contributed by atoms with Crippen molar-refractivity contribution in [2.45, 2.75) is 18.9 Å². The molecule has 1 amide bonds. The second kappa shape index (κ2) is 7.98. The molecule has 0 saturated heterocycles. The van der Waals surface area contributed by atoms with Gasteiger partial charge in [0.25, 0.3) is 5.91 Å². The van der Waals surface area contributed by atoms with Crippen LogP contribution in [0.2, 0.25) is 0 Å². The second-order valence-corrected chi connectivity index (χ2v) is 6.77. The Bertz CT molecular complexity index is 844. The molecule has 0 atom stereocenters. The van der Waals surface area contributed by atoms with Gasteiger partial charge in [0.1, 0.15) is 0 Å². The smallest absolute Gasteiger partial charge is 0.251 e. The topological polar surface area (TPSA) is 59.8 Å². The summed E-state index contributed by atoms with van der Waals surface area (Å²) in [5.41, 5.74) is 3.65. The van der Waals surface area contributed by atoms with Crippen molar-refractivity contribution >= 4 is 17.7 Å². The molecular weight excluding hydrogens is 332 g/mol. The number of amides is 1. The summed E-state index contributed by atoms with van der Waals surface area (Å²) in [6.07, 6.45) is 1.77. The third kappa shape index (κ3) is 4.48. The summed E-state index contributed by atoms with van der Waals surface area (Å²) in [5.74, 6) is 0.716. The van der Waals surface area contributed by atoms with E-state index in [-0.39, 0.29) is 5.91 Å². The van der Waals surface area contributed by atoms with Gasteiger partial charge in [0.15, 0.2) is 0 Å². The van der Waals surface area contributed by atoms with Gasteiger partial charge >= 0.3 is 0 Å². The Hall–Kier alpha value is -2.60. The SMILES string of the molecule is Cc1cc(C)n(-c2ccc(C(=O)NCCSc3ccccn3)cc2)n1. The van der Waals surface area contributed by atoms with Crippen LogP contribution in [0, 0.1) is 13.8 Å².